The molecule has 0 radical (unpaired) electrons. The van der Waals surface area contributed by atoms with Gasteiger partial charge in [0.15, 0.2) is 0 Å². The summed E-state index contributed by atoms with van der Waals surface area (Å²) in [5.41, 5.74) is 3.38. The van der Waals surface area contributed by atoms with Gasteiger partial charge in [0, 0.05) is 19.8 Å². The first kappa shape index (κ1) is 12.8. The van der Waals surface area contributed by atoms with Gasteiger partial charge in [0.1, 0.15) is 0 Å². The number of hydrogen-bond acceptors (Lipinski definition) is 3. The van der Waals surface area contributed by atoms with Crippen molar-refractivity contribution < 1.29 is 0 Å². The van der Waals surface area contributed by atoms with Crippen molar-refractivity contribution in [1.29, 1.82) is 0 Å². The lowest BCUT2D eigenvalue weighted by Gasteiger charge is -2.18. The minimum absolute atomic E-state index is 0.130. The van der Waals surface area contributed by atoms with Gasteiger partial charge in [-0.2, -0.15) is 10.2 Å². The highest BCUT2D eigenvalue weighted by Gasteiger charge is 2.19. The van der Waals surface area contributed by atoms with E-state index in [0.717, 1.165) is 24.4 Å². The smallest absolute Gasteiger partial charge is 0.0916 e. The first-order valence-electron chi connectivity index (χ1n) is 6.36. The highest BCUT2D eigenvalue weighted by atomic mass is 15.3. The quantitative estimate of drug-likeness (QED) is 0.874. The fraction of sp³-hybridized carbons (Fsp3) is 0.538. The van der Waals surface area contributed by atoms with Crippen LogP contribution in [0.3, 0.4) is 0 Å². The zero-order valence-electron chi connectivity index (χ0n) is 11.5. The van der Waals surface area contributed by atoms with E-state index in [0.29, 0.717) is 0 Å². The normalized spacial score (nSPS) is 12.9. The van der Waals surface area contributed by atoms with E-state index in [9.17, 15) is 0 Å². The molecule has 0 aliphatic rings. The van der Waals surface area contributed by atoms with Crippen LogP contribution in [0.2, 0.25) is 0 Å². The van der Waals surface area contributed by atoms with Gasteiger partial charge in [-0.15, -0.1) is 0 Å². The van der Waals surface area contributed by atoms with Crippen molar-refractivity contribution >= 4 is 0 Å². The largest absolute Gasteiger partial charge is 0.307 e. The van der Waals surface area contributed by atoms with Crippen LogP contribution < -0.4 is 5.32 Å². The topological polar surface area (TPSA) is 47.7 Å². The van der Waals surface area contributed by atoms with Crippen molar-refractivity contribution in [2.75, 3.05) is 7.05 Å². The van der Waals surface area contributed by atoms with Crippen LogP contribution in [0.4, 0.5) is 0 Å². The summed E-state index contributed by atoms with van der Waals surface area (Å²) < 4.78 is 3.99. The molecule has 0 saturated heterocycles. The third-order valence-electron chi connectivity index (χ3n) is 3.10. The molecule has 0 aliphatic heterocycles. The molecule has 0 fully saturated rings. The Kier molecular flexibility index (Phi) is 3.81. The fourth-order valence-electron chi connectivity index (χ4n) is 2.33. The number of nitrogens with zero attached hydrogens (tertiary/aromatic N) is 4. The van der Waals surface area contributed by atoms with E-state index >= 15 is 0 Å². The zero-order valence-corrected chi connectivity index (χ0v) is 11.5. The summed E-state index contributed by atoms with van der Waals surface area (Å²) in [5.74, 6) is 0. The lowest BCUT2D eigenvalue weighted by atomic mass is 10.1. The lowest BCUT2D eigenvalue weighted by molar-refractivity contribution is 0.515. The van der Waals surface area contributed by atoms with Crippen molar-refractivity contribution in [2.45, 2.75) is 32.9 Å². The SMILES string of the molecule is CCCn1nccc1C(NC)c1cc(C)nn1C. The molecule has 0 amide bonds. The Morgan fingerprint density at radius 3 is 2.72 bits per heavy atom. The Morgan fingerprint density at radius 2 is 2.17 bits per heavy atom. The molecule has 2 heterocycles. The van der Waals surface area contributed by atoms with Crippen LogP contribution in [0.25, 0.3) is 0 Å². The van der Waals surface area contributed by atoms with E-state index in [1.807, 2.05) is 31.9 Å². The van der Waals surface area contributed by atoms with Gasteiger partial charge < -0.3 is 5.32 Å². The molecule has 5 heteroatoms. The van der Waals surface area contributed by atoms with Crippen LogP contribution in [-0.4, -0.2) is 26.6 Å². The van der Waals surface area contributed by atoms with Crippen molar-refractivity contribution in [3.63, 3.8) is 0 Å². The van der Waals surface area contributed by atoms with Gasteiger partial charge >= 0.3 is 0 Å². The molecule has 2 aromatic heterocycles. The van der Waals surface area contributed by atoms with Crippen molar-refractivity contribution in [1.82, 2.24) is 24.9 Å². The minimum atomic E-state index is 0.130. The van der Waals surface area contributed by atoms with Gasteiger partial charge in [0.25, 0.3) is 0 Å². The summed E-state index contributed by atoms with van der Waals surface area (Å²) in [7, 11) is 3.95. The van der Waals surface area contributed by atoms with E-state index < -0.39 is 0 Å². The molecule has 1 atom stereocenters. The molecule has 98 valence electrons. The Morgan fingerprint density at radius 1 is 1.39 bits per heavy atom. The molecule has 5 nitrogen and oxygen atoms in total. The van der Waals surface area contributed by atoms with Crippen LogP contribution in [0, 0.1) is 6.92 Å². The molecule has 0 bridgehead atoms. The summed E-state index contributed by atoms with van der Waals surface area (Å²) in [6.45, 7) is 5.12. The Balaban J connectivity index is 2.39. The molecule has 1 N–H and O–H groups in total. The average molecular weight is 247 g/mol. The third-order valence-corrected chi connectivity index (χ3v) is 3.10. The van der Waals surface area contributed by atoms with E-state index in [4.69, 9.17) is 0 Å². The summed E-state index contributed by atoms with van der Waals surface area (Å²) >= 11 is 0. The van der Waals surface area contributed by atoms with Crippen molar-refractivity contribution in [2.24, 2.45) is 7.05 Å². The first-order chi connectivity index (χ1) is 8.67. The van der Waals surface area contributed by atoms with E-state index in [2.05, 4.69) is 39.3 Å². The second-order valence-corrected chi connectivity index (χ2v) is 4.54. The van der Waals surface area contributed by atoms with Crippen LogP contribution >= 0.6 is 0 Å². The summed E-state index contributed by atoms with van der Waals surface area (Å²) in [5, 5.41) is 12.1. The van der Waals surface area contributed by atoms with Gasteiger partial charge in [-0.3, -0.25) is 9.36 Å². The summed E-state index contributed by atoms with van der Waals surface area (Å²) in [6, 6.07) is 4.31. The summed E-state index contributed by atoms with van der Waals surface area (Å²) in [4.78, 5) is 0. The maximum atomic E-state index is 4.41. The first-order valence-corrected chi connectivity index (χ1v) is 6.36. The Labute approximate surface area is 108 Å². The molecule has 1 unspecified atom stereocenters. The van der Waals surface area contributed by atoms with Gasteiger partial charge in [0.2, 0.25) is 0 Å². The lowest BCUT2D eigenvalue weighted by Crippen LogP contribution is -2.23. The Hall–Kier alpha value is -1.62. The second-order valence-electron chi connectivity index (χ2n) is 4.54. The highest BCUT2D eigenvalue weighted by Crippen LogP contribution is 2.21. The van der Waals surface area contributed by atoms with Crippen molar-refractivity contribution in [3.8, 4) is 0 Å². The van der Waals surface area contributed by atoms with Crippen LogP contribution in [0.1, 0.15) is 36.5 Å². The molecule has 2 aromatic rings. The minimum Gasteiger partial charge on any atom is -0.307 e. The Bertz CT molecular complexity index is 511. The van der Waals surface area contributed by atoms with Gasteiger partial charge in [-0.05, 0) is 32.5 Å². The number of aromatic nitrogens is 4. The molecule has 18 heavy (non-hydrogen) atoms. The van der Waals surface area contributed by atoms with Gasteiger partial charge in [-0.25, -0.2) is 0 Å². The third kappa shape index (κ3) is 2.31. The highest BCUT2D eigenvalue weighted by molar-refractivity contribution is 5.23. The standard InChI is InChI=1S/C13H21N5/c1-5-8-18-11(6-7-15-18)13(14-3)12-9-10(2)16-17(12)4/h6-7,9,13-14H,5,8H2,1-4H3. The van der Waals surface area contributed by atoms with Crippen molar-refractivity contribution in [3.05, 3.63) is 35.4 Å². The second kappa shape index (κ2) is 5.35. The maximum absolute atomic E-state index is 4.41. The van der Waals surface area contributed by atoms with E-state index in [-0.39, 0.29) is 6.04 Å². The molecular formula is C13H21N5. The number of rotatable bonds is 5. The maximum Gasteiger partial charge on any atom is 0.0916 e. The van der Waals surface area contributed by atoms with E-state index in [1.165, 1.54) is 5.69 Å². The average Bonchev–Trinajstić information content (AvgIpc) is 2.89. The number of hydrogen-bond donors (Lipinski definition) is 1. The zero-order chi connectivity index (χ0) is 13.1. The van der Waals surface area contributed by atoms with Gasteiger partial charge in [-0.1, -0.05) is 6.92 Å². The van der Waals surface area contributed by atoms with Crippen LogP contribution in [0.15, 0.2) is 18.3 Å². The van der Waals surface area contributed by atoms with Gasteiger partial charge in [0.05, 0.1) is 23.1 Å². The molecule has 2 rings (SSSR count). The molecule has 0 aromatic carbocycles. The fourth-order valence-corrected chi connectivity index (χ4v) is 2.33. The molecule has 0 spiro atoms. The number of aryl methyl sites for hydroxylation is 3. The molecule has 0 aliphatic carbocycles. The van der Waals surface area contributed by atoms with Crippen LogP contribution in [-0.2, 0) is 13.6 Å². The van der Waals surface area contributed by atoms with E-state index in [1.54, 1.807) is 0 Å². The number of nitrogens with one attached hydrogen (secondary N) is 1. The molecule has 0 saturated carbocycles. The summed E-state index contributed by atoms with van der Waals surface area (Å²) in [6.07, 6.45) is 2.94. The molecular weight excluding hydrogens is 226 g/mol. The predicted molar refractivity (Wildman–Crippen MR) is 71.4 cm³/mol. The predicted octanol–water partition coefficient (Wildman–Crippen LogP) is 1.64. The monoisotopic (exact) mass is 247 g/mol. The van der Waals surface area contributed by atoms with Crippen LogP contribution in [0.5, 0.6) is 0 Å².